The normalized spacial score (nSPS) is 18.1. The van der Waals surface area contributed by atoms with E-state index in [2.05, 4.69) is 49.8 Å². The molecule has 1 saturated heterocycles. The maximum atomic E-state index is 5.15. The van der Waals surface area contributed by atoms with Crippen LogP contribution in [0.1, 0.15) is 12.0 Å². The third kappa shape index (κ3) is 3.20. The van der Waals surface area contributed by atoms with Crippen molar-refractivity contribution in [3.63, 3.8) is 0 Å². The molecule has 0 amide bonds. The summed E-state index contributed by atoms with van der Waals surface area (Å²) in [5.74, 6) is 1.42. The summed E-state index contributed by atoms with van der Waals surface area (Å²) in [7, 11) is 1.62. The van der Waals surface area contributed by atoms with Crippen LogP contribution < -0.4 is 10.1 Å². The number of hydrogen-bond donors (Lipinski definition) is 1. The molecule has 0 bridgehead atoms. The lowest BCUT2D eigenvalue weighted by atomic mass is 10.2. The van der Waals surface area contributed by atoms with E-state index in [1.807, 2.05) is 17.4 Å². The topological polar surface area (TPSA) is 50.3 Å². The van der Waals surface area contributed by atoms with E-state index in [9.17, 15) is 0 Å². The van der Waals surface area contributed by atoms with Gasteiger partial charge in [0.2, 0.25) is 5.88 Å². The Hall–Kier alpha value is -2.18. The number of thiophene rings is 1. The Balaban J connectivity index is 1.39. The predicted octanol–water partition coefficient (Wildman–Crippen LogP) is 3.39. The number of likely N-dealkylation sites (tertiary alicyclic amines) is 1. The smallest absolute Gasteiger partial charge is 0.218 e. The summed E-state index contributed by atoms with van der Waals surface area (Å²) < 4.78 is 6.52. The van der Waals surface area contributed by atoms with Crippen molar-refractivity contribution < 1.29 is 4.74 Å². The summed E-state index contributed by atoms with van der Waals surface area (Å²) in [6, 6.07) is 10.9. The van der Waals surface area contributed by atoms with Gasteiger partial charge in [-0.15, -0.1) is 11.3 Å². The number of aromatic nitrogens is 2. The van der Waals surface area contributed by atoms with Crippen LogP contribution in [0.4, 0.5) is 5.82 Å². The zero-order chi connectivity index (χ0) is 16.4. The minimum absolute atomic E-state index is 0.412. The van der Waals surface area contributed by atoms with E-state index in [1.165, 1.54) is 22.0 Å². The predicted molar refractivity (Wildman–Crippen MR) is 97.7 cm³/mol. The fourth-order valence-electron chi connectivity index (χ4n) is 3.23. The Labute approximate surface area is 145 Å². The van der Waals surface area contributed by atoms with Gasteiger partial charge in [0.15, 0.2) is 0 Å². The molecular formula is C18H20N4OS. The molecule has 1 aliphatic rings. The first-order valence-electron chi connectivity index (χ1n) is 8.12. The number of hydrogen-bond acceptors (Lipinski definition) is 6. The quantitative estimate of drug-likeness (QED) is 0.771. The molecule has 1 aromatic carbocycles. The van der Waals surface area contributed by atoms with Crippen LogP contribution in [-0.2, 0) is 6.54 Å². The second kappa shape index (κ2) is 6.75. The summed E-state index contributed by atoms with van der Waals surface area (Å²) >= 11 is 1.83. The summed E-state index contributed by atoms with van der Waals surface area (Å²) in [5.41, 5.74) is 1.43. The molecule has 1 atom stereocenters. The van der Waals surface area contributed by atoms with Crippen molar-refractivity contribution in [1.82, 2.24) is 14.9 Å². The Morgan fingerprint density at radius 2 is 2.25 bits per heavy atom. The number of rotatable bonds is 5. The van der Waals surface area contributed by atoms with E-state index in [1.54, 1.807) is 7.11 Å². The molecule has 0 spiro atoms. The highest BCUT2D eigenvalue weighted by molar-refractivity contribution is 7.17. The highest BCUT2D eigenvalue weighted by Crippen LogP contribution is 2.28. The van der Waals surface area contributed by atoms with E-state index >= 15 is 0 Å². The molecule has 1 N–H and O–H groups in total. The molecule has 1 unspecified atom stereocenters. The van der Waals surface area contributed by atoms with Gasteiger partial charge in [0.05, 0.1) is 7.11 Å². The highest BCUT2D eigenvalue weighted by Gasteiger charge is 2.23. The van der Waals surface area contributed by atoms with Crippen molar-refractivity contribution in [3.05, 3.63) is 47.6 Å². The van der Waals surface area contributed by atoms with E-state index in [-0.39, 0.29) is 0 Å². The van der Waals surface area contributed by atoms with Gasteiger partial charge in [0.1, 0.15) is 12.1 Å². The SMILES string of the molecule is COc1cc(NC2CCN(Cc3csc4ccccc34)C2)ncn1. The van der Waals surface area contributed by atoms with Crippen LogP contribution in [0.5, 0.6) is 5.88 Å². The van der Waals surface area contributed by atoms with Crippen molar-refractivity contribution in [1.29, 1.82) is 0 Å². The van der Waals surface area contributed by atoms with Crippen molar-refractivity contribution in [2.24, 2.45) is 0 Å². The zero-order valence-corrected chi connectivity index (χ0v) is 14.4. The molecule has 0 aliphatic carbocycles. The number of nitrogens with zero attached hydrogens (tertiary/aromatic N) is 3. The summed E-state index contributed by atoms with van der Waals surface area (Å²) in [4.78, 5) is 10.8. The fourth-order valence-corrected chi connectivity index (χ4v) is 4.18. The molecule has 6 heteroatoms. The zero-order valence-electron chi connectivity index (χ0n) is 13.6. The van der Waals surface area contributed by atoms with E-state index in [0.29, 0.717) is 11.9 Å². The van der Waals surface area contributed by atoms with Crippen molar-refractivity contribution in [3.8, 4) is 5.88 Å². The Kier molecular flexibility index (Phi) is 4.32. The van der Waals surface area contributed by atoms with Crippen molar-refractivity contribution in [2.75, 3.05) is 25.5 Å². The molecule has 1 fully saturated rings. The maximum Gasteiger partial charge on any atom is 0.218 e. The van der Waals surface area contributed by atoms with Gasteiger partial charge in [-0.1, -0.05) is 18.2 Å². The molecule has 5 nitrogen and oxygen atoms in total. The van der Waals surface area contributed by atoms with Gasteiger partial charge in [0, 0.05) is 36.4 Å². The minimum atomic E-state index is 0.412. The van der Waals surface area contributed by atoms with Crippen LogP contribution in [0, 0.1) is 0 Å². The molecular weight excluding hydrogens is 320 g/mol. The standard InChI is InChI=1S/C18H20N4OS/c1-23-18-8-17(19-12-20-18)21-14-6-7-22(10-14)9-13-11-24-16-5-3-2-4-15(13)16/h2-5,8,11-12,14H,6-7,9-10H2,1H3,(H,19,20,21). The van der Waals surface area contributed by atoms with Crippen molar-refractivity contribution >= 4 is 27.2 Å². The van der Waals surface area contributed by atoms with Gasteiger partial charge in [-0.3, -0.25) is 4.90 Å². The molecule has 2 aromatic heterocycles. The number of nitrogens with one attached hydrogen (secondary N) is 1. The molecule has 24 heavy (non-hydrogen) atoms. The third-order valence-corrected chi connectivity index (χ3v) is 5.44. The lowest BCUT2D eigenvalue weighted by Gasteiger charge is -2.17. The first-order valence-corrected chi connectivity index (χ1v) is 9.00. The molecule has 3 aromatic rings. The third-order valence-electron chi connectivity index (χ3n) is 4.43. The number of anilines is 1. The number of ether oxygens (including phenoxy) is 1. The Bertz CT molecular complexity index is 835. The number of fused-ring (bicyclic) bond motifs is 1. The monoisotopic (exact) mass is 340 g/mol. The van der Waals surface area contributed by atoms with E-state index in [0.717, 1.165) is 31.9 Å². The highest BCUT2D eigenvalue weighted by atomic mass is 32.1. The largest absolute Gasteiger partial charge is 0.481 e. The van der Waals surface area contributed by atoms with E-state index in [4.69, 9.17) is 4.74 Å². The van der Waals surface area contributed by atoms with Gasteiger partial charge < -0.3 is 10.1 Å². The molecule has 0 saturated carbocycles. The Morgan fingerprint density at radius 3 is 3.17 bits per heavy atom. The lowest BCUT2D eigenvalue weighted by Crippen LogP contribution is -2.26. The summed E-state index contributed by atoms with van der Waals surface area (Å²) in [6.45, 7) is 3.13. The molecule has 4 rings (SSSR count). The minimum Gasteiger partial charge on any atom is -0.481 e. The van der Waals surface area contributed by atoms with Crippen LogP contribution in [0.2, 0.25) is 0 Å². The molecule has 124 valence electrons. The van der Waals surface area contributed by atoms with Gasteiger partial charge in [-0.25, -0.2) is 9.97 Å². The van der Waals surface area contributed by atoms with Gasteiger partial charge in [-0.2, -0.15) is 0 Å². The van der Waals surface area contributed by atoms with Crippen LogP contribution in [0.15, 0.2) is 42.0 Å². The molecule has 3 heterocycles. The first-order chi connectivity index (χ1) is 11.8. The van der Waals surface area contributed by atoms with Crippen LogP contribution in [-0.4, -0.2) is 41.1 Å². The molecule has 0 radical (unpaired) electrons. The Morgan fingerprint density at radius 1 is 1.33 bits per heavy atom. The number of methoxy groups -OCH3 is 1. The van der Waals surface area contributed by atoms with Crippen LogP contribution in [0.25, 0.3) is 10.1 Å². The lowest BCUT2D eigenvalue weighted by molar-refractivity contribution is 0.330. The van der Waals surface area contributed by atoms with Crippen molar-refractivity contribution in [2.45, 2.75) is 19.0 Å². The second-order valence-corrected chi connectivity index (χ2v) is 6.98. The average Bonchev–Trinajstić information content (AvgIpc) is 3.23. The first kappa shape index (κ1) is 15.4. The van der Waals surface area contributed by atoms with Gasteiger partial charge in [0.25, 0.3) is 0 Å². The molecule has 1 aliphatic heterocycles. The fraction of sp³-hybridized carbons (Fsp3) is 0.333. The van der Waals surface area contributed by atoms with E-state index < -0.39 is 0 Å². The van der Waals surface area contributed by atoms with Crippen LogP contribution in [0.3, 0.4) is 0 Å². The summed E-state index contributed by atoms with van der Waals surface area (Å²) in [6.07, 6.45) is 2.65. The number of benzene rings is 1. The average molecular weight is 340 g/mol. The van der Waals surface area contributed by atoms with Crippen LogP contribution >= 0.6 is 11.3 Å². The second-order valence-electron chi connectivity index (χ2n) is 6.07. The summed E-state index contributed by atoms with van der Waals surface area (Å²) in [5, 5.41) is 7.17. The van der Waals surface area contributed by atoms with Gasteiger partial charge >= 0.3 is 0 Å². The van der Waals surface area contributed by atoms with Gasteiger partial charge in [-0.05, 0) is 28.8 Å². The maximum absolute atomic E-state index is 5.15.